The molecule has 0 bridgehead atoms. The van der Waals surface area contributed by atoms with Crippen LogP contribution in [0.25, 0.3) is 0 Å². The number of nitrogens with zero attached hydrogens (tertiary/aromatic N) is 1. The van der Waals surface area contributed by atoms with E-state index in [0.29, 0.717) is 6.54 Å². The van der Waals surface area contributed by atoms with E-state index in [2.05, 4.69) is 24.1 Å². The van der Waals surface area contributed by atoms with E-state index in [1.165, 1.54) is 12.8 Å². The van der Waals surface area contributed by atoms with Gasteiger partial charge in [-0.25, -0.2) is 0 Å². The molecule has 1 atom stereocenters. The zero-order valence-electron chi connectivity index (χ0n) is 12.9. The molecule has 0 unspecified atom stereocenters. The first-order valence-electron chi connectivity index (χ1n) is 7.60. The van der Waals surface area contributed by atoms with Gasteiger partial charge in [-0.15, -0.1) is 0 Å². The van der Waals surface area contributed by atoms with E-state index >= 15 is 0 Å². The summed E-state index contributed by atoms with van der Waals surface area (Å²) in [6.07, 6.45) is 2.69. The molecule has 1 amide bonds. The van der Waals surface area contributed by atoms with Crippen molar-refractivity contribution in [3.63, 3.8) is 0 Å². The van der Waals surface area contributed by atoms with Crippen LogP contribution in [0, 0.1) is 11.8 Å². The summed E-state index contributed by atoms with van der Waals surface area (Å²) in [6, 6.07) is 0. The number of morpholine rings is 1. The third-order valence-electron chi connectivity index (χ3n) is 3.51. The average molecular weight is 286 g/mol. The summed E-state index contributed by atoms with van der Waals surface area (Å²) in [4.78, 5) is 14.0. The van der Waals surface area contributed by atoms with Crippen LogP contribution in [0.4, 0.5) is 0 Å². The van der Waals surface area contributed by atoms with Crippen molar-refractivity contribution < 1.29 is 9.53 Å². The maximum atomic E-state index is 11.5. The Bertz CT molecular complexity index is 267. The molecular formula is C16H34N2O2. The topological polar surface area (TPSA) is 41.6 Å². The van der Waals surface area contributed by atoms with Gasteiger partial charge in [-0.2, -0.15) is 0 Å². The monoisotopic (exact) mass is 286 g/mol. The average Bonchev–Trinajstić information content (AvgIpc) is 2.36. The second-order valence-corrected chi connectivity index (χ2v) is 6.23. The van der Waals surface area contributed by atoms with E-state index in [-0.39, 0.29) is 25.4 Å². The molecule has 0 spiro atoms. The Labute approximate surface area is 125 Å². The molecule has 1 N–H and O–H groups in total. The van der Waals surface area contributed by atoms with Crippen LogP contribution in [0.1, 0.15) is 48.0 Å². The highest BCUT2D eigenvalue weighted by Crippen LogP contribution is 2.09. The highest BCUT2D eigenvalue weighted by molar-refractivity contribution is 5.77. The Kier molecular flexibility index (Phi) is 9.86. The lowest BCUT2D eigenvalue weighted by Gasteiger charge is -2.33. The Morgan fingerprint density at radius 1 is 1.35 bits per heavy atom. The number of hydrogen-bond donors (Lipinski definition) is 1. The van der Waals surface area contributed by atoms with Crippen LogP contribution in [0.2, 0.25) is 0 Å². The largest absolute Gasteiger partial charge is 0.374 e. The second-order valence-electron chi connectivity index (χ2n) is 6.23. The van der Waals surface area contributed by atoms with Crippen LogP contribution < -0.4 is 5.32 Å². The third-order valence-corrected chi connectivity index (χ3v) is 3.51. The van der Waals surface area contributed by atoms with Crippen LogP contribution in [-0.4, -0.2) is 49.7 Å². The zero-order chi connectivity index (χ0) is 14.3. The SMILES string of the molecule is C.CC(C)CCCN1CCO[C@@H](CNC(=O)C(C)C)C1. The summed E-state index contributed by atoms with van der Waals surface area (Å²) < 4.78 is 5.71. The van der Waals surface area contributed by atoms with E-state index in [1.807, 2.05) is 13.8 Å². The van der Waals surface area contributed by atoms with Gasteiger partial charge < -0.3 is 10.1 Å². The van der Waals surface area contributed by atoms with E-state index < -0.39 is 0 Å². The molecule has 0 aromatic heterocycles. The van der Waals surface area contributed by atoms with Gasteiger partial charge in [0.2, 0.25) is 5.91 Å². The molecule has 120 valence electrons. The van der Waals surface area contributed by atoms with Gasteiger partial charge >= 0.3 is 0 Å². The molecule has 4 heteroatoms. The summed E-state index contributed by atoms with van der Waals surface area (Å²) in [5.41, 5.74) is 0. The number of carbonyl (C=O) groups excluding carboxylic acids is 1. The highest BCUT2D eigenvalue weighted by atomic mass is 16.5. The van der Waals surface area contributed by atoms with Gasteiger partial charge in [0.1, 0.15) is 0 Å². The van der Waals surface area contributed by atoms with E-state index in [9.17, 15) is 4.79 Å². The van der Waals surface area contributed by atoms with E-state index in [4.69, 9.17) is 4.74 Å². The minimum Gasteiger partial charge on any atom is -0.374 e. The molecule has 0 aliphatic carbocycles. The summed E-state index contributed by atoms with van der Waals surface area (Å²) in [5.74, 6) is 0.938. The second kappa shape index (κ2) is 10.2. The van der Waals surface area contributed by atoms with E-state index in [1.54, 1.807) is 0 Å². The Balaban J connectivity index is 0.00000361. The molecule has 0 saturated carbocycles. The maximum absolute atomic E-state index is 11.5. The Morgan fingerprint density at radius 2 is 2.05 bits per heavy atom. The van der Waals surface area contributed by atoms with Crippen molar-refractivity contribution in [1.29, 1.82) is 0 Å². The summed E-state index contributed by atoms with van der Waals surface area (Å²) >= 11 is 0. The van der Waals surface area contributed by atoms with Crippen molar-refractivity contribution in [3.05, 3.63) is 0 Å². The lowest BCUT2D eigenvalue weighted by Crippen LogP contribution is -2.48. The van der Waals surface area contributed by atoms with Crippen molar-refractivity contribution >= 4 is 5.91 Å². The van der Waals surface area contributed by atoms with Crippen LogP contribution in [0.15, 0.2) is 0 Å². The lowest BCUT2D eigenvalue weighted by atomic mass is 10.1. The number of ether oxygens (including phenoxy) is 1. The van der Waals surface area contributed by atoms with Crippen LogP contribution in [0.3, 0.4) is 0 Å². The number of rotatable bonds is 7. The standard InChI is InChI=1S/C15H30N2O2.CH4/c1-12(2)6-5-7-17-8-9-19-14(11-17)10-16-15(18)13(3)4;/h12-14H,5-11H2,1-4H3,(H,16,18);1H4/t14-;/m0./s1. The van der Waals surface area contributed by atoms with Gasteiger partial charge in [0.25, 0.3) is 0 Å². The molecule has 0 aromatic rings. The number of amides is 1. The zero-order valence-corrected chi connectivity index (χ0v) is 12.9. The molecule has 0 radical (unpaired) electrons. The normalized spacial score (nSPS) is 20.0. The molecule has 20 heavy (non-hydrogen) atoms. The lowest BCUT2D eigenvalue weighted by molar-refractivity contribution is -0.125. The van der Waals surface area contributed by atoms with Crippen molar-refractivity contribution in [2.24, 2.45) is 11.8 Å². The molecule has 4 nitrogen and oxygen atoms in total. The predicted molar refractivity (Wildman–Crippen MR) is 84.8 cm³/mol. The first kappa shape index (κ1) is 19.4. The van der Waals surface area contributed by atoms with Gasteiger partial charge in [-0.1, -0.05) is 35.1 Å². The van der Waals surface area contributed by atoms with Gasteiger partial charge in [-0.3, -0.25) is 9.69 Å². The van der Waals surface area contributed by atoms with Crippen LogP contribution in [0.5, 0.6) is 0 Å². The summed E-state index contributed by atoms with van der Waals surface area (Å²) in [6.45, 7) is 12.9. The van der Waals surface area contributed by atoms with Crippen LogP contribution >= 0.6 is 0 Å². The fourth-order valence-corrected chi connectivity index (χ4v) is 2.25. The predicted octanol–water partition coefficient (Wildman–Crippen LogP) is 2.53. The maximum Gasteiger partial charge on any atom is 0.222 e. The summed E-state index contributed by atoms with van der Waals surface area (Å²) in [7, 11) is 0. The molecule has 1 heterocycles. The van der Waals surface area contributed by atoms with Crippen molar-refractivity contribution in [2.75, 3.05) is 32.8 Å². The Hall–Kier alpha value is -0.610. The number of carbonyl (C=O) groups is 1. The minimum atomic E-state index is 0. The quantitative estimate of drug-likeness (QED) is 0.782. The van der Waals surface area contributed by atoms with E-state index in [0.717, 1.165) is 32.2 Å². The molecule has 1 rings (SSSR count). The van der Waals surface area contributed by atoms with Gasteiger partial charge in [-0.05, 0) is 25.3 Å². The third kappa shape index (κ3) is 7.85. The molecule has 1 aliphatic rings. The van der Waals surface area contributed by atoms with Gasteiger partial charge in [0.15, 0.2) is 0 Å². The first-order chi connectivity index (χ1) is 8.99. The molecule has 1 aliphatic heterocycles. The molecule has 0 aromatic carbocycles. The highest BCUT2D eigenvalue weighted by Gasteiger charge is 2.21. The molecule has 1 fully saturated rings. The van der Waals surface area contributed by atoms with Crippen molar-refractivity contribution in [2.45, 2.75) is 54.1 Å². The minimum absolute atomic E-state index is 0. The first-order valence-corrected chi connectivity index (χ1v) is 7.60. The number of hydrogen-bond acceptors (Lipinski definition) is 3. The van der Waals surface area contributed by atoms with Gasteiger partial charge in [0, 0.05) is 25.6 Å². The van der Waals surface area contributed by atoms with Crippen molar-refractivity contribution in [1.82, 2.24) is 10.2 Å². The molecule has 1 saturated heterocycles. The smallest absolute Gasteiger partial charge is 0.222 e. The fourth-order valence-electron chi connectivity index (χ4n) is 2.25. The van der Waals surface area contributed by atoms with Crippen molar-refractivity contribution in [3.8, 4) is 0 Å². The molecular weight excluding hydrogens is 252 g/mol. The van der Waals surface area contributed by atoms with Gasteiger partial charge in [0.05, 0.1) is 12.7 Å². The Morgan fingerprint density at radius 3 is 2.65 bits per heavy atom. The summed E-state index contributed by atoms with van der Waals surface area (Å²) in [5, 5.41) is 2.96. The fraction of sp³-hybridized carbons (Fsp3) is 0.938. The number of nitrogens with one attached hydrogen (secondary N) is 1. The van der Waals surface area contributed by atoms with Crippen LogP contribution in [-0.2, 0) is 9.53 Å².